The molecule has 1 aliphatic heterocycles. The van der Waals surface area contributed by atoms with Gasteiger partial charge in [0.05, 0.1) is 30.5 Å². The predicted molar refractivity (Wildman–Crippen MR) is 108 cm³/mol. The monoisotopic (exact) mass is 396 g/mol. The van der Waals surface area contributed by atoms with Gasteiger partial charge >= 0.3 is 0 Å². The molecular formula is C22H24N2O5. The van der Waals surface area contributed by atoms with Crippen LogP contribution in [0.15, 0.2) is 42.1 Å². The number of aromatic nitrogens is 1. The Labute approximate surface area is 169 Å². The van der Waals surface area contributed by atoms with Crippen molar-refractivity contribution in [3.05, 3.63) is 64.5 Å². The zero-order valence-corrected chi connectivity index (χ0v) is 16.9. The van der Waals surface area contributed by atoms with Gasteiger partial charge in [0.1, 0.15) is 17.6 Å². The van der Waals surface area contributed by atoms with Crippen LogP contribution in [0, 0.1) is 13.8 Å². The molecule has 1 aromatic carbocycles. The fraction of sp³-hybridized carbons (Fsp3) is 0.318. The van der Waals surface area contributed by atoms with Crippen molar-refractivity contribution in [2.75, 3.05) is 27.4 Å². The van der Waals surface area contributed by atoms with Gasteiger partial charge in [0.15, 0.2) is 0 Å². The highest BCUT2D eigenvalue weighted by Crippen LogP contribution is 2.41. The molecule has 1 amide bonds. The maximum atomic E-state index is 12.9. The number of Topliss-reactive ketones (excluding diaryl/α,β-unsaturated/α-hetero) is 1. The molecule has 0 radical (unpaired) electrons. The summed E-state index contributed by atoms with van der Waals surface area (Å²) in [6.45, 7) is 4.19. The summed E-state index contributed by atoms with van der Waals surface area (Å²) in [4.78, 5) is 31.4. The van der Waals surface area contributed by atoms with Crippen molar-refractivity contribution in [1.82, 2.24) is 9.88 Å². The zero-order valence-electron chi connectivity index (χ0n) is 16.9. The number of aliphatic hydroxyl groups excluding tert-OH is 1. The first kappa shape index (κ1) is 20.5. The van der Waals surface area contributed by atoms with E-state index in [-0.39, 0.29) is 24.5 Å². The van der Waals surface area contributed by atoms with Crippen LogP contribution in [-0.4, -0.2) is 54.1 Å². The van der Waals surface area contributed by atoms with Crippen LogP contribution in [0.4, 0.5) is 0 Å². The Kier molecular flexibility index (Phi) is 5.98. The van der Waals surface area contributed by atoms with E-state index in [0.717, 1.165) is 11.1 Å². The predicted octanol–water partition coefficient (Wildman–Crippen LogP) is 2.78. The number of pyridine rings is 1. The summed E-state index contributed by atoms with van der Waals surface area (Å²) in [7, 11) is 3.02. The van der Waals surface area contributed by atoms with Crippen LogP contribution in [0.3, 0.4) is 0 Å². The molecule has 1 aromatic heterocycles. The molecule has 0 spiro atoms. The molecule has 0 bridgehead atoms. The Morgan fingerprint density at radius 3 is 2.59 bits per heavy atom. The molecule has 1 fully saturated rings. The molecule has 1 saturated heterocycles. The van der Waals surface area contributed by atoms with E-state index in [2.05, 4.69) is 4.98 Å². The van der Waals surface area contributed by atoms with Gasteiger partial charge in [-0.3, -0.25) is 14.6 Å². The number of hydrogen-bond acceptors (Lipinski definition) is 6. The standard InChI is InChI=1S/C22H24N2O5/c1-13-11-14(2)21(29-4)15(12-13)19(25)17-18(16-7-5-6-8-23-16)24(9-10-28-3)22(27)20(17)26/h5-8,11-12,18,25H,9-10H2,1-4H3/b19-17+. The van der Waals surface area contributed by atoms with E-state index in [1.54, 1.807) is 30.5 Å². The fourth-order valence-electron chi connectivity index (χ4n) is 3.69. The van der Waals surface area contributed by atoms with Crippen molar-refractivity contribution in [3.63, 3.8) is 0 Å². The highest BCUT2D eigenvalue weighted by atomic mass is 16.5. The van der Waals surface area contributed by atoms with Crippen molar-refractivity contribution < 1.29 is 24.2 Å². The van der Waals surface area contributed by atoms with Crippen molar-refractivity contribution in [2.45, 2.75) is 19.9 Å². The van der Waals surface area contributed by atoms with E-state index in [1.807, 2.05) is 19.9 Å². The number of carbonyl (C=O) groups excluding carboxylic acids is 2. The van der Waals surface area contributed by atoms with Crippen molar-refractivity contribution >= 4 is 17.4 Å². The molecule has 1 atom stereocenters. The van der Waals surface area contributed by atoms with Gasteiger partial charge in [-0.15, -0.1) is 0 Å². The van der Waals surface area contributed by atoms with E-state index in [1.165, 1.54) is 19.1 Å². The van der Waals surface area contributed by atoms with Crippen LogP contribution in [0.1, 0.15) is 28.4 Å². The number of methoxy groups -OCH3 is 2. The number of rotatable bonds is 6. The quantitative estimate of drug-likeness (QED) is 0.459. The number of nitrogens with zero attached hydrogens (tertiary/aromatic N) is 2. The SMILES string of the molecule is COCCN1C(=O)C(=O)/C(=C(/O)c2cc(C)cc(C)c2OC)C1c1ccccn1. The summed E-state index contributed by atoms with van der Waals surface area (Å²) in [5.41, 5.74) is 2.57. The summed E-state index contributed by atoms with van der Waals surface area (Å²) in [5, 5.41) is 11.2. The third-order valence-corrected chi connectivity index (χ3v) is 4.92. The number of carbonyl (C=O) groups is 2. The first-order valence-corrected chi connectivity index (χ1v) is 9.24. The number of ether oxygens (including phenoxy) is 2. The first-order valence-electron chi connectivity index (χ1n) is 9.24. The fourth-order valence-corrected chi connectivity index (χ4v) is 3.69. The molecule has 152 valence electrons. The Hall–Kier alpha value is -3.19. The average Bonchev–Trinajstić information content (AvgIpc) is 2.96. The van der Waals surface area contributed by atoms with Gasteiger partial charge in [-0.25, -0.2) is 0 Å². The van der Waals surface area contributed by atoms with E-state index in [4.69, 9.17) is 9.47 Å². The van der Waals surface area contributed by atoms with Crippen LogP contribution in [0.2, 0.25) is 0 Å². The zero-order chi connectivity index (χ0) is 21.1. The maximum absolute atomic E-state index is 12.9. The number of benzene rings is 1. The smallest absolute Gasteiger partial charge is 0.295 e. The highest BCUT2D eigenvalue weighted by Gasteiger charge is 2.46. The molecule has 1 aliphatic rings. The second-order valence-corrected chi connectivity index (χ2v) is 6.90. The van der Waals surface area contributed by atoms with Gasteiger partial charge in [-0.2, -0.15) is 0 Å². The molecule has 0 aliphatic carbocycles. The number of hydrogen-bond donors (Lipinski definition) is 1. The molecular weight excluding hydrogens is 372 g/mol. The second-order valence-electron chi connectivity index (χ2n) is 6.90. The Morgan fingerprint density at radius 1 is 1.21 bits per heavy atom. The minimum absolute atomic E-state index is 0.00639. The number of ketones is 1. The van der Waals surface area contributed by atoms with Crippen molar-refractivity contribution in [1.29, 1.82) is 0 Å². The minimum Gasteiger partial charge on any atom is -0.507 e. The summed E-state index contributed by atoms with van der Waals surface area (Å²) < 4.78 is 10.6. The van der Waals surface area contributed by atoms with Gasteiger partial charge in [-0.1, -0.05) is 12.1 Å². The molecule has 1 unspecified atom stereocenters. The normalized spacial score (nSPS) is 18.3. The number of aliphatic hydroxyl groups is 1. The molecule has 1 N–H and O–H groups in total. The molecule has 2 heterocycles. The maximum Gasteiger partial charge on any atom is 0.295 e. The van der Waals surface area contributed by atoms with Gasteiger partial charge in [0.2, 0.25) is 0 Å². The van der Waals surface area contributed by atoms with Gasteiger partial charge in [-0.05, 0) is 43.2 Å². The second kappa shape index (κ2) is 8.45. The number of amides is 1. The third kappa shape index (κ3) is 3.73. The topological polar surface area (TPSA) is 89.0 Å². The van der Waals surface area contributed by atoms with E-state index in [9.17, 15) is 14.7 Å². The highest BCUT2D eigenvalue weighted by molar-refractivity contribution is 6.46. The Balaban J connectivity index is 2.24. The molecule has 3 rings (SSSR count). The molecule has 29 heavy (non-hydrogen) atoms. The van der Waals surface area contributed by atoms with E-state index < -0.39 is 17.7 Å². The first-order chi connectivity index (χ1) is 13.9. The van der Waals surface area contributed by atoms with Gasteiger partial charge in [0.25, 0.3) is 11.7 Å². The summed E-state index contributed by atoms with van der Waals surface area (Å²) in [6, 6.07) is 8.09. The summed E-state index contributed by atoms with van der Waals surface area (Å²) >= 11 is 0. The molecule has 2 aromatic rings. The van der Waals surface area contributed by atoms with E-state index >= 15 is 0 Å². The van der Waals surface area contributed by atoms with Gasteiger partial charge < -0.3 is 19.5 Å². The Bertz CT molecular complexity index is 969. The lowest BCUT2D eigenvalue weighted by Crippen LogP contribution is -2.33. The lowest BCUT2D eigenvalue weighted by molar-refractivity contribution is -0.140. The molecule has 7 nitrogen and oxygen atoms in total. The van der Waals surface area contributed by atoms with Crippen LogP contribution >= 0.6 is 0 Å². The average molecular weight is 396 g/mol. The number of likely N-dealkylation sites (tertiary alicyclic amines) is 1. The Morgan fingerprint density at radius 2 is 1.97 bits per heavy atom. The summed E-state index contributed by atoms with van der Waals surface area (Å²) in [5.74, 6) is -1.27. The van der Waals surface area contributed by atoms with Gasteiger partial charge in [0, 0.05) is 19.9 Å². The van der Waals surface area contributed by atoms with Crippen LogP contribution in [0.25, 0.3) is 5.76 Å². The van der Waals surface area contributed by atoms with Crippen molar-refractivity contribution in [3.8, 4) is 5.75 Å². The van der Waals surface area contributed by atoms with Crippen LogP contribution < -0.4 is 4.74 Å². The van der Waals surface area contributed by atoms with E-state index in [0.29, 0.717) is 17.0 Å². The molecule has 7 heteroatoms. The third-order valence-electron chi connectivity index (χ3n) is 4.92. The number of aryl methyl sites for hydroxylation is 2. The molecule has 0 saturated carbocycles. The summed E-state index contributed by atoms with van der Waals surface area (Å²) in [6.07, 6.45) is 1.59. The minimum atomic E-state index is -0.808. The van der Waals surface area contributed by atoms with Crippen molar-refractivity contribution in [2.24, 2.45) is 0 Å². The largest absolute Gasteiger partial charge is 0.507 e. The lowest BCUT2D eigenvalue weighted by atomic mass is 9.96. The van der Waals surface area contributed by atoms with Crippen LogP contribution in [-0.2, 0) is 14.3 Å². The van der Waals surface area contributed by atoms with Crippen LogP contribution in [0.5, 0.6) is 5.75 Å². The lowest BCUT2D eigenvalue weighted by Gasteiger charge is -2.24.